The van der Waals surface area contributed by atoms with Crippen LogP contribution >= 0.6 is 0 Å². The zero-order valence-corrected chi connectivity index (χ0v) is 19.6. The van der Waals surface area contributed by atoms with Gasteiger partial charge in [0.05, 0.1) is 30.3 Å². The van der Waals surface area contributed by atoms with Crippen LogP contribution in [0.4, 0.5) is 5.95 Å². The Morgan fingerprint density at radius 2 is 1.94 bits per heavy atom. The van der Waals surface area contributed by atoms with Gasteiger partial charge in [-0.3, -0.25) is 14.5 Å². The van der Waals surface area contributed by atoms with Gasteiger partial charge in [0.2, 0.25) is 11.9 Å². The van der Waals surface area contributed by atoms with Crippen molar-refractivity contribution in [1.82, 2.24) is 9.55 Å². The van der Waals surface area contributed by atoms with Gasteiger partial charge in [0.15, 0.2) is 17.4 Å². The Morgan fingerprint density at radius 1 is 1.15 bits per heavy atom. The fourth-order valence-corrected chi connectivity index (χ4v) is 4.41. The summed E-state index contributed by atoms with van der Waals surface area (Å²) >= 11 is 0. The number of hydrogen-bond donors (Lipinski definition) is 1. The van der Waals surface area contributed by atoms with E-state index in [-0.39, 0.29) is 24.0 Å². The number of carbonyl (C=O) groups excluding carboxylic acids is 2. The molecule has 0 spiro atoms. The fraction of sp³-hybridized carbons (Fsp3) is 0.400. The summed E-state index contributed by atoms with van der Waals surface area (Å²) in [6.07, 6.45) is 0.583. The molecule has 1 aliphatic heterocycles. The van der Waals surface area contributed by atoms with Crippen molar-refractivity contribution in [2.45, 2.75) is 26.3 Å². The third kappa shape index (κ3) is 4.19. The number of nitrogens with zero attached hydrogens (tertiary/aromatic N) is 3. The Kier molecular flexibility index (Phi) is 7.02. The van der Waals surface area contributed by atoms with Gasteiger partial charge in [-0.15, -0.1) is 0 Å². The fourth-order valence-electron chi connectivity index (χ4n) is 4.41. The Balaban J connectivity index is 1.94. The smallest absolute Gasteiger partial charge is 0.321 e. The molecule has 2 heterocycles. The van der Waals surface area contributed by atoms with Crippen molar-refractivity contribution < 1.29 is 28.9 Å². The van der Waals surface area contributed by atoms with Crippen LogP contribution in [-0.2, 0) is 19.1 Å². The minimum Gasteiger partial charge on any atom is -0.504 e. The quantitative estimate of drug-likeness (QED) is 0.293. The van der Waals surface area contributed by atoms with E-state index in [9.17, 15) is 14.7 Å². The van der Waals surface area contributed by atoms with Crippen molar-refractivity contribution in [1.29, 1.82) is 0 Å². The molecule has 0 fully saturated rings. The first-order valence-corrected chi connectivity index (χ1v) is 11.4. The third-order valence-electron chi connectivity index (χ3n) is 5.84. The van der Waals surface area contributed by atoms with Crippen LogP contribution in [0.1, 0.15) is 31.9 Å². The first kappa shape index (κ1) is 23.6. The van der Waals surface area contributed by atoms with Crippen LogP contribution in [0.15, 0.2) is 42.5 Å². The number of phenolic OH excluding ortho intramolecular Hbond substituents is 1. The van der Waals surface area contributed by atoms with Crippen LogP contribution in [0.2, 0.25) is 0 Å². The van der Waals surface area contributed by atoms with Gasteiger partial charge < -0.3 is 23.9 Å². The summed E-state index contributed by atoms with van der Waals surface area (Å²) in [5.41, 5.74) is 2.13. The SMILES string of the molecule is CCOC(=O)[C@@H]1C(=O)N(CCCOC)c2nc3ccccc3n2[C@H]1c1ccc(O)c(OCC)c1. The van der Waals surface area contributed by atoms with Gasteiger partial charge in [-0.25, -0.2) is 4.98 Å². The lowest BCUT2D eigenvalue weighted by atomic mass is 9.89. The molecule has 9 nitrogen and oxygen atoms in total. The number of amides is 1. The maximum Gasteiger partial charge on any atom is 0.321 e. The molecule has 1 N–H and O–H groups in total. The van der Waals surface area contributed by atoms with Crippen molar-refractivity contribution in [3.8, 4) is 11.5 Å². The number of esters is 1. The molecule has 0 aliphatic carbocycles. The molecule has 180 valence electrons. The molecule has 3 aromatic rings. The highest BCUT2D eigenvalue weighted by molar-refractivity contribution is 6.08. The minimum absolute atomic E-state index is 0.0164. The van der Waals surface area contributed by atoms with Crippen LogP contribution in [0.5, 0.6) is 11.5 Å². The summed E-state index contributed by atoms with van der Waals surface area (Å²) < 4.78 is 18.0. The minimum atomic E-state index is -1.13. The van der Waals surface area contributed by atoms with Crippen LogP contribution in [-0.4, -0.2) is 60.0 Å². The van der Waals surface area contributed by atoms with E-state index in [1.807, 2.05) is 35.8 Å². The maximum absolute atomic E-state index is 13.8. The van der Waals surface area contributed by atoms with Gasteiger partial charge in [0, 0.05) is 20.3 Å². The van der Waals surface area contributed by atoms with E-state index in [1.54, 1.807) is 31.1 Å². The number of fused-ring (bicyclic) bond motifs is 3. The average Bonchev–Trinajstić information content (AvgIpc) is 3.21. The zero-order valence-electron chi connectivity index (χ0n) is 19.6. The summed E-state index contributed by atoms with van der Waals surface area (Å²) in [5.74, 6) is -1.40. The lowest BCUT2D eigenvalue weighted by Gasteiger charge is -2.38. The molecular weight excluding hydrogens is 438 g/mol. The zero-order chi connectivity index (χ0) is 24.2. The Hall–Kier alpha value is -3.59. The van der Waals surface area contributed by atoms with Crippen LogP contribution in [0.3, 0.4) is 0 Å². The van der Waals surface area contributed by atoms with Crippen molar-refractivity contribution in [3.05, 3.63) is 48.0 Å². The normalized spacial score (nSPS) is 17.6. The summed E-state index contributed by atoms with van der Waals surface area (Å²) in [7, 11) is 1.60. The number of methoxy groups -OCH3 is 1. The van der Waals surface area contributed by atoms with Gasteiger partial charge in [-0.1, -0.05) is 18.2 Å². The standard InChI is InChI=1S/C25H29N3O6/c1-4-33-20-15-16(11-12-19(20)29)22-21(24(31)34-5-2)23(30)27(13-8-14-32-3)25-26-17-9-6-7-10-18(17)28(22)25/h6-7,9-12,15,21-22,29H,4-5,8,13-14H2,1-3H3/t21-,22-/m0/s1. The first-order valence-electron chi connectivity index (χ1n) is 11.4. The van der Waals surface area contributed by atoms with Crippen molar-refractivity contribution in [2.75, 3.05) is 38.4 Å². The number of phenols is 1. The number of aromatic nitrogens is 2. The van der Waals surface area contributed by atoms with Gasteiger partial charge >= 0.3 is 5.97 Å². The summed E-state index contributed by atoms with van der Waals surface area (Å²) in [6, 6.07) is 11.7. The molecule has 1 amide bonds. The summed E-state index contributed by atoms with van der Waals surface area (Å²) in [5, 5.41) is 10.2. The highest BCUT2D eigenvalue weighted by atomic mass is 16.5. The topological polar surface area (TPSA) is 103 Å². The summed E-state index contributed by atoms with van der Waals surface area (Å²) in [6.45, 7) is 4.84. The molecule has 1 aromatic heterocycles. The van der Waals surface area contributed by atoms with Gasteiger partial charge in [0.1, 0.15) is 0 Å². The molecule has 4 rings (SSSR count). The second kappa shape index (κ2) is 10.1. The molecule has 2 aromatic carbocycles. The molecule has 0 radical (unpaired) electrons. The third-order valence-corrected chi connectivity index (χ3v) is 5.84. The number of para-hydroxylation sites is 2. The number of ether oxygens (including phenoxy) is 3. The van der Waals surface area contributed by atoms with Crippen LogP contribution in [0, 0.1) is 5.92 Å². The number of aromatic hydroxyl groups is 1. The van der Waals surface area contributed by atoms with Crippen LogP contribution in [0.25, 0.3) is 11.0 Å². The van der Waals surface area contributed by atoms with Gasteiger partial charge in [-0.05, 0) is 50.1 Å². The van der Waals surface area contributed by atoms with E-state index in [4.69, 9.17) is 19.2 Å². The Morgan fingerprint density at radius 3 is 2.68 bits per heavy atom. The van der Waals surface area contributed by atoms with Crippen LogP contribution < -0.4 is 9.64 Å². The maximum atomic E-state index is 13.8. The molecule has 0 saturated carbocycles. The number of benzene rings is 2. The molecule has 0 bridgehead atoms. The largest absolute Gasteiger partial charge is 0.504 e. The number of carbonyl (C=O) groups is 2. The molecule has 0 saturated heterocycles. The number of hydrogen-bond acceptors (Lipinski definition) is 7. The van der Waals surface area contributed by atoms with E-state index in [0.29, 0.717) is 43.2 Å². The van der Waals surface area contributed by atoms with E-state index in [0.717, 1.165) is 5.52 Å². The van der Waals surface area contributed by atoms with Crippen molar-refractivity contribution >= 4 is 28.9 Å². The molecule has 9 heteroatoms. The van der Waals surface area contributed by atoms with E-state index in [2.05, 4.69) is 0 Å². The van der Waals surface area contributed by atoms with E-state index in [1.165, 1.54) is 6.07 Å². The number of imidazole rings is 1. The highest BCUT2D eigenvalue weighted by Crippen LogP contribution is 2.43. The van der Waals surface area contributed by atoms with Gasteiger partial charge in [0.25, 0.3) is 0 Å². The summed E-state index contributed by atoms with van der Waals surface area (Å²) in [4.78, 5) is 33.3. The predicted octanol–water partition coefficient (Wildman–Crippen LogP) is 3.29. The predicted molar refractivity (Wildman–Crippen MR) is 126 cm³/mol. The molecular formula is C25H29N3O6. The molecule has 1 aliphatic rings. The average molecular weight is 468 g/mol. The second-order valence-corrected chi connectivity index (χ2v) is 7.94. The first-order chi connectivity index (χ1) is 16.5. The van der Waals surface area contributed by atoms with Crippen molar-refractivity contribution in [3.63, 3.8) is 0 Å². The number of anilines is 1. The molecule has 2 atom stereocenters. The monoisotopic (exact) mass is 467 g/mol. The lowest BCUT2D eigenvalue weighted by molar-refractivity contribution is -0.153. The van der Waals surface area contributed by atoms with E-state index < -0.39 is 17.9 Å². The van der Waals surface area contributed by atoms with Crippen molar-refractivity contribution in [2.24, 2.45) is 5.92 Å². The second-order valence-electron chi connectivity index (χ2n) is 7.94. The lowest BCUT2D eigenvalue weighted by Crippen LogP contribution is -2.50. The highest BCUT2D eigenvalue weighted by Gasteiger charge is 2.47. The van der Waals surface area contributed by atoms with E-state index >= 15 is 0 Å². The number of rotatable bonds is 9. The Bertz CT molecular complexity index is 1190. The Labute approximate surface area is 197 Å². The molecule has 34 heavy (non-hydrogen) atoms. The van der Waals surface area contributed by atoms with Gasteiger partial charge in [-0.2, -0.15) is 0 Å². The molecule has 0 unspecified atom stereocenters.